The van der Waals surface area contributed by atoms with Gasteiger partial charge in [0.05, 0.1) is 12.1 Å². The summed E-state index contributed by atoms with van der Waals surface area (Å²) < 4.78 is 0. The second kappa shape index (κ2) is 5.95. The fourth-order valence-corrected chi connectivity index (χ4v) is 3.13. The van der Waals surface area contributed by atoms with Gasteiger partial charge in [0.25, 0.3) is 0 Å². The summed E-state index contributed by atoms with van der Waals surface area (Å²) >= 11 is 1.83. The van der Waals surface area contributed by atoms with Gasteiger partial charge in [-0.3, -0.25) is 9.98 Å². The molecule has 1 aliphatic heterocycles. The number of nitrogens with one attached hydrogen (secondary N) is 1. The van der Waals surface area contributed by atoms with Gasteiger partial charge in [0.2, 0.25) is 0 Å². The van der Waals surface area contributed by atoms with Crippen molar-refractivity contribution < 1.29 is 0 Å². The number of rotatable bonds is 2. The minimum absolute atomic E-state index is 0.244. The SMILES string of the molecule is CC(NC1=NC(C(C)(C)C)CCS1)c1ccncc1. The van der Waals surface area contributed by atoms with Gasteiger partial charge in [0.15, 0.2) is 5.17 Å². The highest BCUT2D eigenvalue weighted by Crippen LogP contribution is 2.30. The summed E-state index contributed by atoms with van der Waals surface area (Å²) in [6, 6.07) is 4.79. The summed E-state index contributed by atoms with van der Waals surface area (Å²) in [6.07, 6.45) is 4.84. The van der Waals surface area contributed by atoms with Crippen molar-refractivity contribution in [2.24, 2.45) is 10.4 Å². The van der Waals surface area contributed by atoms with Crippen molar-refractivity contribution in [3.8, 4) is 0 Å². The summed E-state index contributed by atoms with van der Waals surface area (Å²) in [4.78, 5) is 8.93. The minimum atomic E-state index is 0.244. The van der Waals surface area contributed by atoms with E-state index < -0.39 is 0 Å². The van der Waals surface area contributed by atoms with E-state index in [2.05, 4.69) is 38.0 Å². The molecule has 4 heteroatoms. The van der Waals surface area contributed by atoms with Crippen LogP contribution >= 0.6 is 11.8 Å². The van der Waals surface area contributed by atoms with Crippen LogP contribution in [0.2, 0.25) is 0 Å². The van der Waals surface area contributed by atoms with Gasteiger partial charge in [-0.15, -0.1) is 0 Å². The monoisotopic (exact) mass is 277 g/mol. The van der Waals surface area contributed by atoms with E-state index in [4.69, 9.17) is 4.99 Å². The topological polar surface area (TPSA) is 37.3 Å². The fraction of sp³-hybridized carbons (Fsp3) is 0.600. The van der Waals surface area contributed by atoms with E-state index in [1.807, 2.05) is 36.3 Å². The van der Waals surface area contributed by atoms with E-state index >= 15 is 0 Å². The highest BCUT2D eigenvalue weighted by molar-refractivity contribution is 8.13. The first-order valence-electron chi connectivity index (χ1n) is 6.84. The zero-order valence-corrected chi connectivity index (χ0v) is 13.0. The summed E-state index contributed by atoms with van der Waals surface area (Å²) in [7, 11) is 0. The molecule has 1 aliphatic rings. The molecule has 0 aliphatic carbocycles. The molecule has 0 saturated carbocycles. The third-order valence-electron chi connectivity index (χ3n) is 3.45. The first-order valence-corrected chi connectivity index (χ1v) is 7.82. The first kappa shape index (κ1) is 14.4. The predicted octanol–water partition coefficient (Wildman–Crippen LogP) is 3.64. The van der Waals surface area contributed by atoms with Gasteiger partial charge < -0.3 is 5.32 Å². The van der Waals surface area contributed by atoms with Crippen molar-refractivity contribution in [1.82, 2.24) is 10.3 Å². The molecule has 0 fully saturated rings. The number of pyridine rings is 1. The van der Waals surface area contributed by atoms with Crippen LogP contribution in [0.4, 0.5) is 0 Å². The zero-order chi connectivity index (χ0) is 13.9. The molecule has 0 aromatic carbocycles. The minimum Gasteiger partial charge on any atom is -0.358 e. The number of aliphatic imine (C=N–C) groups is 1. The van der Waals surface area contributed by atoms with Gasteiger partial charge in [0, 0.05) is 18.1 Å². The lowest BCUT2D eigenvalue weighted by molar-refractivity contribution is 0.315. The molecule has 1 N–H and O–H groups in total. The van der Waals surface area contributed by atoms with Gasteiger partial charge >= 0.3 is 0 Å². The van der Waals surface area contributed by atoms with Crippen LogP contribution in [-0.2, 0) is 0 Å². The summed E-state index contributed by atoms with van der Waals surface area (Å²) in [6.45, 7) is 8.96. The van der Waals surface area contributed by atoms with Crippen molar-refractivity contribution in [2.75, 3.05) is 5.75 Å². The van der Waals surface area contributed by atoms with E-state index in [0.29, 0.717) is 6.04 Å². The third kappa shape index (κ3) is 3.96. The maximum absolute atomic E-state index is 4.87. The molecule has 0 amide bonds. The van der Waals surface area contributed by atoms with E-state index in [0.717, 1.165) is 10.9 Å². The molecule has 2 atom stereocenters. The van der Waals surface area contributed by atoms with E-state index in [1.165, 1.54) is 12.0 Å². The standard InChI is InChI=1S/C15H23N3S/c1-11(12-5-8-16-9-6-12)17-14-18-13(7-10-19-14)15(2,3)4/h5-6,8-9,11,13H,7,10H2,1-4H3,(H,17,18). The van der Waals surface area contributed by atoms with Crippen LogP contribution in [0.25, 0.3) is 0 Å². The largest absolute Gasteiger partial charge is 0.358 e. The van der Waals surface area contributed by atoms with Crippen LogP contribution in [0.3, 0.4) is 0 Å². The summed E-state index contributed by atoms with van der Waals surface area (Å²) in [5.74, 6) is 1.15. The maximum Gasteiger partial charge on any atom is 0.157 e. The predicted molar refractivity (Wildman–Crippen MR) is 83.5 cm³/mol. The van der Waals surface area contributed by atoms with Gasteiger partial charge in [-0.25, -0.2) is 0 Å². The number of hydrogen-bond donors (Lipinski definition) is 1. The molecule has 1 aromatic heterocycles. The van der Waals surface area contributed by atoms with Crippen molar-refractivity contribution in [3.05, 3.63) is 30.1 Å². The lowest BCUT2D eigenvalue weighted by Gasteiger charge is -2.31. The van der Waals surface area contributed by atoms with Gasteiger partial charge in [-0.1, -0.05) is 32.5 Å². The Balaban J connectivity index is 2.04. The van der Waals surface area contributed by atoms with Crippen molar-refractivity contribution in [2.45, 2.75) is 46.2 Å². The Labute approximate surface area is 120 Å². The van der Waals surface area contributed by atoms with Crippen LogP contribution in [0.5, 0.6) is 0 Å². The first-order chi connectivity index (χ1) is 8.97. The molecular formula is C15H23N3S. The second-order valence-corrected chi connectivity index (χ2v) is 7.18. The average Bonchev–Trinajstić information content (AvgIpc) is 2.39. The zero-order valence-electron chi connectivity index (χ0n) is 12.2. The van der Waals surface area contributed by atoms with E-state index in [-0.39, 0.29) is 11.5 Å². The van der Waals surface area contributed by atoms with Crippen molar-refractivity contribution >= 4 is 16.9 Å². The molecule has 0 saturated heterocycles. The van der Waals surface area contributed by atoms with Crippen LogP contribution in [0.1, 0.15) is 45.7 Å². The third-order valence-corrected chi connectivity index (χ3v) is 4.39. The van der Waals surface area contributed by atoms with Gasteiger partial charge in [-0.2, -0.15) is 0 Å². The normalized spacial score (nSPS) is 21.7. The smallest absolute Gasteiger partial charge is 0.157 e. The average molecular weight is 277 g/mol. The number of nitrogens with zero attached hydrogens (tertiary/aromatic N) is 2. The molecule has 0 spiro atoms. The number of hydrogen-bond acceptors (Lipinski definition) is 4. The maximum atomic E-state index is 4.87. The molecule has 104 valence electrons. The second-order valence-electron chi connectivity index (χ2n) is 6.10. The van der Waals surface area contributed by atoms with Gasteiger partial charge in [-0.05, 0) is 36.5 Å². The molecular weight excluding hydrogens is 254 g/mol. The van der Waals surface area contributed by atoms with Crippen molar-refractivity contribution in [3.63, 3.8) is 0 Å². The van der Waals surface area contributed by atoms with Crippen LogP contribution in [0.15, 0.2) is 29.5 Å². The fourth-order valence-electron chi connectivity index (χ4n) is 2.14. The Bertz CT molecular complexity index is 436. The Kier molecular flexibility index (Phi) is 4.50. The van der Waals surface area contributed by atoms with Crippen molar-refractivity contribution in [1.29, 1.82) is 0 Å². The molecule has 0 radical (unpaired) electrons. The highest BCUT2D eigenvalue weighted by Gasteiger charge is 2.27. The molecule has 2 heterocycles. The van der Waals surface area contributed by atoms with E-state index in [9.17, 15) is 0 Å². The van der Waals surface area contributed by atoms with E-state index in [1.54, 1.807) is 0 Å². The summed E-state index contributed by atoms with van der Waals surface area (Å²) in [5.41, 5.74) is 1.49. The Morgan fingerprint density at radius 1 is 1.32 bits per heavy atom. The molecule has 2 unspecified atom stereocenters. The Morgan fingerprint density at radius 3 is 2.63 bits per heavy atom. The lowest BCUT2D eigenvalue weighted by atomic mass is 9.85. The number of aromatic nitrogens is 1. The molecule has 1 aromatic rings. The number of amidine groups is 1. The van der Waals surface area contributed by atoms with Crippen LogP contribution < -0.4 is 5.32 Å². The molecule has 2 rings (SSSR count). The summed E-state index contributed by atoms with van der Waals surface area (Å²) in [5, 5.41) is 4.60. The Hall–Kier alpha value is -1.03. The molecule has 0 bridgehead atoms. The molecule has 3 nitrogen and oxygen atoms in total. The van der Waals surface area contributed by atoms with Crippen LogP contribution in [0, 0.1) is 5.41 Å². The van der Waals surface area contributed by atoms with Gasteiger partial charge in [0.1, 0.15) is 0 Å². The molecule has 19 heavy (non-hydrogen) atoms. The highest BCUT2D eigenvalue weighted by atomic mass is 32.2. The Morgan fingerprint density at radius 2 is 2.00 bits per heavy atom. The van der Waals surface area contributed by atoms with Crippen LogP contribution in [-0.4, -0.2) is 21.9 Å². The number of thioether (sulfide) groups is 1. The lowest BCUT2D eigenvalue weighted by Crippen LogP contribution is -2.34. The quantitative estimate of drug-likeness (QED) is 0.896.